The smallest absolute Gasteiger partial charge is 0.316 e. The average Bonchev–Trinajstić information content (AvgIpc) is 0.805. The second-order valence-corrected chi connectivity index (χ2v) is 32.3. The van der Waals surface area contributed by atoms with Crippen LogP contribution in [-0.2, 0) is 18.9 Å². The van der Waals surface area contributed by atoms with Crippen molar-refractivity contribution in [2.45, 2.75) is 151 Å². The Morgan fingerprint density at radius 2 is 0.706 bits per heavy atom. The zero-order chi connectivity index (χ0) is 85.6. The molecule has 126 heavy (non-hydrogen) atoms. The Morgan fingerprint density at radius 1 is 0.357 bits per heavy atom. The Labute approximate surface area is 728 Å². The van der Waals surface area contributed by atoms with Gasteiger partial charge in [-0.1, -0.05) is 6.07 Å². The van der Waals surface area contributed by atoms with Crippen molar-refractivity contribution < 1.29 is 57.3 Å². The summed E-state index contributed by atoms with van der Waals surface area (Å²) in [5.74, 6) is 3.24. The fourth-order valence-electron chi connectivity index (χ4n) is 17.2. The maximum atomic E-state index is 12.4. The lowest BCUT2D eigenvalue weighted by Gasteiger charge is -2.31. The Hall–Kier alpha value is -12.9. The number of fused-ring (bicyclic) bond motifs is 4. The van der Waals surface area contributed by atoms with Gasteiger partial charge >= 0.3 is 6.01 Å². The molecule has 2 amide bonds. The SMILES string of the molecule is O=C(NC1CCC(Oc2cc(N3CCOCC3)cc3nccnc23)CC1)c1cccc(=O)[nH]1.O=C(NC1CCC(Oc2cc(N3CCOCC3)cc3nccnc23)CC1)c1ncccc1O.c1cnc(NC2CCC(Oc3cc(N4CCOCC4)cc4nccnc34)CC2)cn1.c1cnc(OC2CCC(Oc3cc(N4CCOCC4)cc4nccnc34)CC2)nc1. The normalized spacial score (nSPS) is 21.5. The lowest BCUT2D eigenvalue weighted by molar-refractivity contribution is 0.0757. The molecule has 20 rings (SSSR count). The predicted octanol–water partition coefficient (Wildman–Crippen LogP) is 11.0. The van der Waals surface area contributed by atoms with Gasteiger partial charge in [0.05, 0.1) is 106 Å². The third kappa shape index (κ3) is 22.6. The van der Waals surface area contributed by atoms with Gasteiger partial charge < -0.3 is 88.3 Å². The molecule has 5 N–H and O–H groups in total. The average molecular weight is 1710 g/mol. The second-order valence-electron chi connectivity index (χ2n) is 32.3. The molecule has 0 spiro atoms. The first-order valence-corrected chi connectivity index (χ1v) is 43.9. The Kier molecular flexibility index (Phi) is 28.5. The molecule has 4 aliphatic heterocycles. The highest BCUT2D eigenvalue weighted by atomic mass is 16.5. The third-order valence-electron chi connectivity index (χ3n) is 23.8. The van der Waals surface area contributed by atoms with Crippen LogP contribution < -0.4 is 64.8 Å². The first-order valence-electron chi connectivity index (χ1n) is 43.9. The molecule has 34 heteroatoms. The van der Waals surface area contributed by atoms with E-state index in [4.69, 9.17) is 42.6 Å². The number of hydrogen-bond acceptors (Lipinski definition) is 31. The number of H-pyrrole nitrogens is 1. The van der Waals surface area contributed by atoms with E-state index in [2.05, 4.69) is 154 Å². The van der Waals surface area contributed by atoms with E-state index in [1.54, 1.807) is 105 Å². The number of aromatic nitrogens is 14. The van der Waals surface area contributed by atoms with E-state index in [1.165, 1.54) is 18.3 Å². The van der Waals surface area contributed by atoms with Crippen LogP contribution in [0.3, 0.4) is 0 Å². The molecule has 4 saturated carbocycles. The van der Waals surface area contributed by atoms with Crippen LogP contribution in [0.15, 0.2) is 176 Å². The molecule has 34 nitrogen and oxygen atoms in total. The number of morpholine rings is 4. The molecule has 0 bridgehead atoms. The third-order valence-corrected chi connectivity index (χ3v) is 23.8. The predicted molar refractivity (Wildman–Crippen MR) is 473 cm³/mol. The van der Waals surface area contributed by atoms with E-state index >= 15 is 0 Å². The highest BCUT2D eigenvalue weighted by molar-refractivity contribution is 5.95. The highest BCUT2D eigenvalue weighted by Crippen LogP contribution is 2.39. The largest absolute Gasteiger partial charge is 0.505 e. The zero-order valence-corrected chi connectivity index (χ0v) is 70.4. The molecule has 656 valence electrons. The van der Waals surface area contributed by atoms with Crippen LogP contribution in [0.25, 0.3) is 44.1 Å². The van der Waals surface area contributed by atoms with Crippen LogP contribution in [0.4, 0.5) is 28.6 Å². The Bertz CT molecular complexity index is 5470. The molecule has 4 aliphatic carbocycles. The van der Waals surface area contributed by atoms with Crippen LogP contribution in [0, 0.1) is 0 Å². The van der Waals surface area contributed by atoms with Crippen molar-refractivity contribution in [2.75, 3.05) is 130 Å². The van der Waals surface area contributed by atoms with Gasteiger partial charge in [-0.2, -0.15) is 0 Å². The van der Waals surface area contributed by atoms with E-state index < -0.39 is 0 Å². The fourth-order valence-corrected chi connectivity index (χ4v) is 17.2. The fraction of sp³-hybridized carbons (Fsp3) is 0.435. The van der Waals surface area contributed by atoms with Crippen molar-refractivity contribution in [3.63, 3.8) is 0 Å². The summed E-state index contributed by atoms with van der Waals surface area (Å²) in [5, 5.41) is 19.3. The maximum absolute atomic E-state index is 12.4. The number of carbonyl (C=O) groups is 2. The van der Waals surface area contributed by atoms with Crippen molar-refractivity contribution >= 4 is 84.5 Å². The van der Waals surface area contributed by atoms with Crippen molar-refractivity contribution in [3.05, 3.63) is 193 Å². The lowest BCUT2D eigenvalue weighted by Crippen LogP contribution is -2.40. The number of aromatic amines is 1. The maximum Gasteiger partial charge on any atom is 0.316 e. The van der Waals surface area contributed by atoms with Crippen LogP contribution in [0.2, 0.25) is 0 Å². The van der Waals surface area contributed by atoms with Crippen molar-refractivity contribution in [3.8, 4) is 34.8 Å². The van der Waals surface area contributed by atoms with Gasteiger partial charge in [0.1, 0.15) is 68.4 Å². The first kappa shape index (κ1) is 85.3. The summed E-state index contributed by atoms with van der Waals surface area (Å²) in [6, 6.07) is 27.0. The van der Waals surface area contributed by atoms with Crippen LogP contribution >= 0.6 is 0 Å². The van der Waals surface area contributed by atoms with E-state index in [-0.39, 0.29) is 77.1 Å². The Balaban J connectivity index is 0.000000119. The summed E-state index contributed by atoms with van der Waals surface area (Å²) in [6.07, 6.45) is 38.4. The summed E-state index contributed by atoms with van der Waals surface area (Å²) < 4.78 is 53.7. The summed E-state index contributed by atoms with van der Waals surface area (Å²) in [4.78, 5) is 105. The Morgan fingerprint density at radius 3 is 1.08 bits per heavy atom. The van der Waals surface area contributed by atoms with Gasteiger partial charge in [-0.15, -0.1) is 0 Å². The minimum absolute atomic E-state index is 0.0231. The molecule has 8 fully saturated rings. The van der Waals surface area contributed by atoms with Gasteiger partial charge in [-0.25, -0.2) is 39.9 Å². The number of ether oxygens (including phenoxy) is 9. The van der Waals surface area contributed by atoms with Crippen LogP contribution in [0.5, 0.6) is 34.8 Å². The van der Waals surface area contributed by atoms with E-state index in [9.17, 15) is 19.5 Å². The second kappa shape index (κ2) is 42.2. The van der Waals surface area contributed by atoms with E-state index in [1.807, 2.05) is 0 Å². The van der Waals surface area contributed by atoms with Crippen molar-refractivity contribution in [2.24, 2.45) is 0 Å². The molecular weight excluding hydrogens is 1610 g/mol. The first-order chi connectivity index (χ1) is 62.0. The summed E-state index contributed by atoms with van der Waals surface area (Å²) in [6.45, 7) is 12.7. The molecule has 4 saturated heterocycles. The molecular formula is C92H105N21O13. The van der Waals surface area contributed by atoms with Gasteiger partial charge in [0.25, 0.3) is 11.8 Å². The molecule has 0 unspecified atom stereocenters. The highest BCUT2D eigenvalue weighted by Gasteiger charge is 2.32. The zero-order valence-electron chi connectivity index (χ0n) is 70.4. The van der Waals surface area contributed by atoms with Gasteiger partial charge in [0, 0.05) is 204 Å². The molecule has 12 heterocycles. The molecule has 4 aromatic carbocycles. The summed E-state index contributed by atoms with van der Waals surface area (Å²) >= 11 is 0. The molecule has 8 aliphatic rings. The summed E-state index contributed by atoms with van der Waals surface area (Å²) in [5.41, 5.74) is 10.9. The van der Waals surface area contributed by atoms with Gasteiger partial charge in [-0.05, 0) is 151 Å². The lowest BCUT2D eigenvalue weighted by atomic mass is 9.92. The van der Waals surface area contributed by atoms with Crippen molar-refractivity contribution in [1.82, 2.24) is 80.4 Å². The number of benzene rings is 4. The van der Waals surface area contributed by atoms with Crippen molar-refractivity contribution in [1.29, 1.82) is 0 Å². The summed E-state index contributed by atoms with van der Waals surface area (Å²) in [7, 11) is 0. The van der Waals surface area contributed by atoms with Crippen LogP contribution in [0.1, 0.15) is 124 Å². The number of anilines is 5. The minimum atomic E-state index is -0.350. The van der Waals surface area contributed by atoms with Gasteiger partial charge in [-0.3, -0.25) is 39.3 Å². The molecule has 0 atom stereocenters. The minimum Gasteiger partial charge on any atom is -0.505 e. The molecule has 0 radical (unpaired) electrons. The number of hydrogen-bond donors (Lipinski definition) is 5. The topological polar surface area (TPSA) is 387 Å². The number of aromatic hydroxyl groups is 1. The number of pyridine rings is 2. The molecule has 12 aromatic rings. The number of carbonyl (C=O) groups excluding carboxylic acids is 2. The van der Waals surface area contributed by atoms with Gasteiger partial charge in [0.2, 0.25) is 5.56 Å². The molecule has 8 aromatic heterocycles. The van der Waals surface area contributed by atoms with Gasteiger partial charge in [0.15, 0.2) is 5.69 Å². The number of nitrogens with zero attached hydrogens (tertiary/aromatic N) is 17. The number of nitrogens with one attached hydrogen (secondary N) is 4. The monoisotopic (exact) mass is 1710 g/mol. The quantitative estimate of drug-likeness (QED) is 0.0473. The number of amides is 2. The number of rotatable bonds is 20. The standard InChI is InChI=1S/2C24H27N5O4.C22H26N6O2.C22H25N5O3/c30-20-2-1-7-26-23(20)24(31)28-16-3-5-18(6-4-16)33-21-15-17(29-10-12-32-13-11-29)14-19-22(21)27-9-8-25-19;30-22-3-1-2-19(28-22)24(31)27-16-4-6-18(7-5-16)33-21-15-17(29-10-12-32-13-11-29)14-20-23(21)26-9-8-25-20;1-3-18(4-2-16(1)27-21-15-23-5-6-25-21)30-20-14-17(28-9-11-29-12-10-28)13-19-22(20)26-8-7-24-19;1-6-25-22(26-7-1)30-18-4-2-17(3-5-18)29-20-15-16(27-10-12-28-13-11-27)14-19-21(20)24-9-8-23-19/h1-2,7-9,14-16,18,30H,3-6,10-13H2,(H,28,31);1-3,8-9,14-16,18H,4-7,10-13H2,(H,27,31)(H,28,30);5-8,13-16,18H,1-4,9-12H2,(H,25,27);1,6-9,14-15,17-18H,2-5,10-13H2. The van der Waals surface area contributed by atoms with E-state index in [0.717, 1.165) is 277 Å². The van der Waals surface area contributed by atoms with E-state index in [0.29, 0.717) is 38.5 Å². The van der Waals surface area contributed by atoms with Crippen LogP contribution in [-0.4, -0.2) is 241 Å².